The van der Waals surface area contributed by atoms with Gasteiger partial charge in [0, 0.05) is 23.7 Å². The topological polar surface area (TPSA) is 105 Å². The van der Waals surface area contributed by atoms with Crippen molar-refractivity contribution in [2.75, 3.05) is 17.8 Å². The minimum atomic E-state index is -4.13. The number of aryl methyl sites for hydroxylation is 1. The molecule has 3 aromatic rings. The molecule has 0 bridgehead atoms. The van der Waals surface area contributed by atoms with E-state index >= 15 is 0 Å². The molecule has 1 saturated heterocycles. The molecule has 1 aromatic heterocycles. The van der Waals surface area contributed by atoms with Gasteiger partial charge in [-0.15, -0.1) is 0 Å². The van der Waals surface area contributed by atoms with Gasteiger partial charge in [-0.05, 0) is 49.6 Å². The molecule has 1 aliphatic rings. The first kappa shape index (κ1) is 23.2. The summed E-state index contributed by atoms with van der Waals surface area (Å²) in [6, 6.07) is 8.21. The first-order chi connectivity index (χ1) is 15.7. The van der Waals surface area contributed by atoms with Crippen LogP contribution in [0.4, 0.5) is 10.1 Å². The number of likely N-dealkylation sites (tertiary alicyclic amines) is 1. The summed E-state index contributed by atoms with van der Waals surface area (Å²) in [6.45, 7) is 2.88. The summed E-state index contributed by atoms with van der Waals surface area (Å²) in [7, 11) is -4.13. The second kappa shape index (κ2) is 9.48. The molecule has 2 heterocycles. The quantitative estimate of drug-likeness (QED) is 0.555. The van der Waals surface area contributed by atoms with Crippen molar-refractivity contribution in [2.45, 2.75) is 37.5 Å². The molecular weight excluding hydrogens is 471 g/mol. The van der Waals surface area contributed by atoms with Crippen LogP contribution in [-0.2, 0) is 10.0 Å². The van der Waals surface area contributed by atoms with Crippen molar-refractivity contribution in [3.05, 3.63) is 58.7 Å². The number of sulfonamides is 1. The van der Waals surface area contributed by atoms with Gasteiger partial charge in [0.1, 0.15) is 5.82 Å². The summed E-state index contributed by atoms with van der Waals surface area (Å²) in [5.74, 6) is -1.19. The normalized spacial score (nSPS) is 14.7. The summed E-state index contributed by atoms with van der Waals surface area (Å²) in [5, 5.41) is 4.01. The number of hydrogen-bond acceptors (Lipinski definition) is 6. The van der Waals surface area contributed by atoms with E-state index in [1.54, 1.807) is 24.0 Å². The van der Waals surface area contributed by atoms with Crippen molar-refractivity contribution in [3.63, 3.8) is 0 Å². The van der Waals surface area contributed by atoms with Crippen LogP contribution >= 0.6 is 11.6 Å². The van der Waals surface area contributed by atoms with Gasteiger partial charge in [0.05, 0.1) is 10.6 Å². The Morgan fingerprint density at radius 3 is 2.55 bits per heavy atom. The fraction of sp³-hybridized carbons (Fsp3) is 0.318. The molecule has 2 aromatic carbocycles. The lowest BCUT2D eigenvalue weighted by molar-refractivity contribution is 0.0711. The van der Waals surface area contributed by atoms with E-state index < -0.39 is 15.8 Å². The number of aromatic nitrogens is 2. The molecule has 0 atom stereocenters. The zero-order valence-electron chi connectivity index (χ0n) is 17.8. The van der Waals surface area contributed by atoms with Crippen molar-refractivity contribution in [3.8, 4) is 11.4 Å². The number of benzene rings is 2. The van der Waals surface area contributed by atoms with Crippen LogP contribution in [0.25, 0.3) is 11.4 Å². The summed E-state index contributed by atoms with van der Waals surface area (Å²) in [4.78, 5) is 18.5. The molecule has 8 nitrogen and oxygen atoms in total. The number of anilines is 1. The molecule has 1 N–H and O–H groups in total. The third-order valence-corrected chi connectivity index (χ3v) is 7.16. The van der Waals surface area contributed by atoms with E-state index in [9.17, 15) is 17.6 Å². The van der Waals surface area contributed by atoms with E-state index in [-0.39, 0.29) is 33.2 Å². The van der Waals surface area contributed by atoms with Gasteiger partial charge < -0.3 is 9.42 Å². The highest BCUT2D eigenvalue weighted by Crippen LogP contribution is 2.27. The SMILES string of the molecule is Cc1ccc(-c2noc(C(=O)N3CCCCCC3)n2)cc1S(=O)(=O)Nc1ccc(Cl)cc1F. The minimum absolute atomic E-state index is 0.0838. The van der Waals surface area contributed by atoms with Crippen LogP contribution in [0.3, 0.4) is 0 Å². The monoisotopic (exact) mass is 492 g/mol. The highest BCUT2D eigenvalue weighted by atomic mass is 35.5. The van der Waals surface area contributed by atoms with Crippen LogP contribution in [0.2, 0.25) is 5.02 Å². The van der Waals surface area contributed by atoms with Gasteiger partial charge in [-0.25, -0.2) is 12.8 Å². The van der Waals surface area contributed by atoms with Crippen molar-refractivity contribution in [2.24, 2.45) is 0 Å². The predicted octanol–water partition coefficient (Wildman–Crippen LogP) is 4.65. The lowest BCUT2D eigenvalue weighted by atomic mass is 10.1. The van der Waals surface area contributed by atoms with E-state index in [0.29, 0.717) is 24.2 Å². The Kier molecular flexibility index (Phi) is 6.66. The third-order valence-electron chi connectivity index (χ3n) is 5.41. The van der Waals surface area contributed by atoms with Gasteiger partial charge in [0.2, 0.25) is 5.82 Å². The molecule has 1 fully saturated rings. The Balaban J connectivity index is 1.60. The number of hydrogen-bond donors (Lipinski definition) is 1. The zero-order chi connectivity index (χ0) is 23.6. The van der Waals surface area contributed by atoms with E-state index in [2.05, 4.69) is 14.9 Å². The highest BCUT2D eigenvalue weighted by Gasteiger charge is 2.25. The van der Waals surface area contributed by atoms with Crippen LogP contribution in [0, 0.1) is 12.7 Å². The van der Waals surface area contributed by atoms with Crippen LogP contribution < -0.4 is 4.72 Å². The fourth-order valence-electron chi connectivity index (χ4n) is 3.64. The average molecular weight is 493 g/mol. The first-order valence-electron chi connectivity index (χ1n) is 10.5. The van der Waals surface area contributed by atoms with E-state index in [4.69, 9.17) is 16.1 Å². The Morgan fingerprint density at radius 1 is 1.12 bits per heavy atom. The largest absolute Gasteiger partial charge is 0.334 e. The van der Waals surface area contributed by atoms with Crippen LogP contribution in [-0.4, -0.2) is 42.5 Å². The maximum Gasteiger partial charge on any atom is 0.316 e. The van der Waals surface area contributed by atoms with Gasteiger partial charge in [0.15, 0.2) is 0 Å². The second-order valence-electron chi connectivity index (χ2n) is 7.84. The minimum Gasteiger partial charge on any atom is -0.334 e. The van der Waals surface area contributed by atoms with Gasteiger partial charge in [0.25, 0.3) is 10.0 Å². The van der Waals surface area contributed by atoms with Crippen molar-refractivity contribution in [1.82, 2.24) is 15.0 Å². The molecule has 0 aliphatic carbocycles. The number of carbonyl (C=O) groups excluding carboxylic acids is 1. The summed E-state index contributed by atoms with van der Waals surface area (Å²) in [6.07, 6.45) is 4.00. The second-order valence-corrected chi connectivity index (χ2v) is 9.93. The molecule has 0 unspecified atom stereocenters. The maximum atomic E-state index is 14.1. The van der Waals surface area contributed by atoms with Crippen LogP contribution in [0.5, 0.6) is 0 Å². The molecule has 0 saturated carbocycles. The molecule has 0 radical (unpaired) electrons. The molecule has 11 heteroatoms. The Morgan fingerprint density at radius 2 is 1.85 bits per heavy atom. The third kappa shape index (κ3) is 5.17. The summed E-state index contributed by atoms with van der Waals surface area (Å²) < 4.78 is 47.4. The standard InChI is InChI=1S/C22H22ClFN4O4S/c1-14-6-7-15(12-19(14)33(30,31)27-18-9-8-16(23)13-17(18)24)20-25-21(32-26-20)22(29)28-10-4-2-3-5-11-28/h6-9,12-13,27H,2-5,10-11H2,1H3. The average Bonchev–Trinajstić information content (AvgIpc) is 3.10. The van der Waals surface area contributed by atoms with Crippen molar-refractivity contribution >= 4 is 33.2 Å². The molecular formula is C22H22ClFN4O4S. The lowest BCUT2D eigenvalue weighted by Gasteiger charge is -2.17. The number of nitrogens with one attached hydrogen (secondary N) is 1. The smallest absolute Gasteiger partial charge is 0.316 e. The highest BCUT2D eigenvalue weighted by molar-refractivity contribution is 7.92. The zero-order valence-corrected chi connectivity index (χ0v) is 19.4. The summed E-state index contributed by atoms with van der Waals surface area (Å²) in [5.41, 5.74) is 0.551. The van der Waals surface area contributed by atoms with Gasteiger partial charge >= 0.3 is 11.8 Å². The molecule has 1 amide bonds. The molecule has 33 heavy (non-hydrogen) atoms. The van der Waals surface area contributed by atoms with Crippen molar-refractivity contribution < 1.29 is 22.1 Å². The number of carbonyl (C=O) groups is 1. The van der Waals surface area contributed by atoms with Crippen LogP contribution in [0.1, 0.15) is 41.9 Å². The Bertz CT molecular complexity index is 1290. The van der Waals surface area contributed by atoms with Crippen LogP contribution in [0.15, 0.2) is 45.8 Å². The molecule has 1 aliphatic heterocycles. The van der Waals surface area contributed by atoms with E-state index in [1.165, 1.54) is 18.2 Å². The number of halogens is 2. The molecule has 4 rings (SSSR count). The number of nitrogens with zero attached hydrogens (tertiary/aromatic N) is 3. The van der Waals surface area contributed by atoms with Gasteiger partial charge in [-0.3, -0.25) is 9.52 Å². The maximum absolute atomic E-state index is 14.1. The Labute approximate surface area is 195 Å². The van der Waals surface area contributed by atoms with Crippen molar-refractivity contribution in [1.29, 1.82) is 0 Å². The first-order valence-corrected chi connectivity index (χ1v) is 12.3. The lowest BCUT2D eigenvalue weighted by Crippen LogP contribution is -2.32. The summed E-state index contributed by atoms with van der Waals surface area (Å²) >= 11 is 5.73. The van der Waals surface area contributed by atoms with Gasteiger partial charge in [-0.2, -0.15) is 4.98 Å². The molecule has 174 valence electrons. The number of rotatable bonds is 5. The van der Waals surface area contributed by atoms with E-state index in [1.807, 2.05) is 0 Å². The van der Waals surface area contributed by atoms with Gasteiger partial charge in [-0.1, -0.05) is 41.7 Å². The predicted molar refractivity (Wildman–Crippen MR) is 121 cm³/mol. The molecule has 0 spiro atoms. The Hall–Kier alpha value is -2.98. The van der Waals surface area contributed by atoms with E-state index in [0.717, 1.165) is 31.7 Å². The fourth-order valence-corrected chi connectivity index (χ4v) is 5.14. The number of amides is 1.